The fraction of sp³-hybridized carbons (Fsp3) is 0.333. The molecule has 0 saturated carbocycles. The van der Waals surface area contributed by atoms with Crippen molar-refractivity contribution in [1.29, 1.82) is 0 Å². The van der Waals surface area contributed by atoms with Crippen molar-refractivity contribution in [3.8, 4) is 0 Å². The minimum atomic E-state index is 0.299. The normalized spacial score (nSPS) is 12.6. The number of thiophene rings is 1. The molecule has 0 aliphatic heterocycles. The summed E-state index contributed by atoms with van der Waals surface area (Å²) in [7, 11) is 0. The number of nitrogens with one attached hydrogen (secondary N) is 1. The summed E-state index contributed by atoms with van der Waals surface area (Å²) in [6, 6.07) is 10.8. The second-order valence-electron chi connectivity index (χ2n) is 4.39. The summed E-state index contributed by atoms with van der Waals surface area (Å²) in [6.07, 6.45) is 1.13. The van der Waals surface area contributed by atoms with Crippen molar-refractivity contribution in [3.63, 3.8) is 0 Å². The largest absolute Gasteiger partial charge is 0.310 e. The van der Waals surface area contributed by atoms with E-state index < -0.39 is 0 Å². The van der Waals surface area contributed by atoms with E-state index in [4.69, 9.17) is 11.6 Å². The Labute approximate surface area is 128 Å². The highest BCUT2D eigenvalue weighted by Gasteiger charge is 2.10. The average Bonchev–Trinajstić information content (AvgIpc) is 2.89. The van der Waals surface area contributed by atoms with Crippen LogP contribution in [-0.4, -0.2) is 6.54 Å². The molecule has 1 nitrogen and oxygen atoms in total. The summed E-state index contributed by atoms with van der Waals surface area (Å²) in [5.41, 5.74) is 1.17. The van der Waals surface area contributed by atoms with Crippen LogP contribution in [0.4, 0.5) is 0 Å². The quantitative estimate of drug-likeness (QED) is 0.743. The van der Waals surface area contributed by atoms with Crippen molar-refractivity contribution in [2.45, 2.75) is 35.4 Å². The number of hydrogen-bond donors (Lipinski definition) is 1. The lowest BCUT2D eigenvalue weighted by Crippen LogP contribution is -2.19. The molecule has 1 unspecified atom stereocenters. The molecular formula is C15H18ClNS2. The van der Waals surface area contributed by atoms with Gasteiger partial charge in [-0.1, -0.05) is 42.4 Å². The van der Waals surface area contributed by atoms with Gasteiger partial charge in [0.15, 0.2) is 0 Å². The van der Waals surface area contributed by atoms with Crippen LogP contribution < -0.4 is 5.32 Å². The SMILES string of the molecule is CCCNC(C)c1ccc(Sc2cccs2)cc1Cl. The van der Waals surface area contributed by atoms with Gasteiger partial charge in [-0.15, -0.1) is 11.3 Å². The molecular weight excluding hydrogens is 294 g/mol. The van der Waals surface area contributed by atoms with E-state index >= 15 is 0 Å². The topological polar surface area (TPSA) is 12.0 Å². The van der Waals surface area contributed by atoms with E-state index in [1.807, 2.05) is 0 Å². The van der Waals surface area contributed by atoms with Gasteiger partial charge in [0, 0.05) is 16.0 Å². The third-order valence-corrected chi connectivity index (χ3v) is 5.21. The third-order valence-electron chi connectivity index (χ3n) is 2.85. The van der Waals surface area contributed by atoms with Gasteiger partial charge < -0.3 is 5.32 Å². The first-order valence-corrected chi connectivity index (χ1v) is 8.52. The first-order valence-electron chi connectivity index (χ1n) is 6.45. The van der Waals surface area contributed by atoms with E-state index in [0.29, 0.717) is 6.04 Å². The molecule has 1 aromatic carbocycles. The van der Waals surface area contributed by atoms with Gasteiger partial charge >= 0.3 is 0 Å². The molecule has 4 heteroatoms. The van der Waals surface area contributed by atoms with E-state index in [-0.39, 0.29) is 0 Å². The molecule has 0 aliphatic carbocycles. The summed E-state index contributed by atoms with van der Waals surface area (Å²) < 4.78 is 1.29. The maximum absolute atomic E-state index is 6.39. The Morgan fingerprint density at radius 1 is 1.37 bits per heavy atom. The summed E-state index contributed by atoms with van der Waals surface area (Å²) in [5.74, 6) is 0. The Hall–Kier alpha value is -0.480. The molecule has 19 heavy (non-hydrogen) atoms. The highest BCUT2D eigenvalue weighted by molar-refractivity contribution is 8.01. The van der Waals surface area contributed by atoms with Gasteiger partial charge in [0.2, 0.25) is 0 Å². The Morgan fingerprint density at radius 2 is 2.21 bits per heavy atom. The zero-order valence-electron chi connectivity index (χ0n) is 11.2. The van der Waals surface area contributed by atoms with Crippen LogP contribution in [0.25, 0.3) is 0 Å². The lowest BCUT2D eigenvalue weighted by atomic mass is 10.1. The molecule has 1 atom stereocenters. The summed E-state index contributed by atoms with van der Waals surface area (Å²) in [4.78, 5) is 1.19. The van der Waals surface area contributed by atoms with E-state index in [1.54, 1.807) is 23.1 Å². The number of benzene rings is 1. The predicted molar refractivity (Wildman–Crippen MR) is 86.6 cm³/mol. The highest BCUT2D eigenvalue weighted by atomic mass is 35.5. The van der Waals surface area contributed by atoms with Crippen molar-refractivity contribution in [2.24, 2.45) is 0 Å². The van der Waals surface area contributed by atoms with E-state index in [0.717, 1.165) is 18.0 Å². The van der Waals surface area contributed by atoms with Crippen LogP contribution in [0, 0.1) is 0 Å². The lowest BCUT2D eigenvalue weighted by molar-refractivity contribution is 0.570. The maximum atomic E-state index is 6.39. The number of hydrogen-bond acceptors (Lipinski definition) is 3. The zero-order chi connectivity index (χ0) is 13.7. The van der Waals surface area contributed by atoms with Gasteiger partial charge in [-0.3, -0.25) is 0 Å². The molecule has 1 N–H and O–H groups in total. The molecule has 2 rings (SSSR count). The summed E-state index contributed by atoms with van der Waals surface area (Å²) in [6.45, 7) is 5.34. The van der Waals surface area contributed by atoms with Gasteiger partial charge in [-0.25, -0.2) is 0 Å². The molecule has 0 spiro atoms. The van der Waals surface area contributed by atoms with Crippen molar-refractivity contribution in [1.82, 2.24) is 5.32 Å². The highest BCUT2D eigenvalue weighted by Crippen LogP contribution is 2.34. The average molecular weight is 312 g/mol. The summed E-state index contributed by atoms with van der Waals surface area (Å²) in [5, 5.41) is 6.40. The Balaban J connectivity index is 2.08. The third kappa shape index (κ3) is 4.25. The Kier molecular flexibility index (Phi) is 5.76. The van der Waals surface area contributed by atoms with Crippen LogP contribution in [0.1, 0.15) is 31.9 Å². The lowest BCUT2D eigenvalue weighted by Gasteiger charge is -2.15. The minimum Gasteiger partial charge on any atom is -0.310 e. The van der Waals surface area contributed by atoms with Crippen LogP contribution in [0.15, 0.2) is 44.8 Å². The van der Waals surface area contributed by atoms with Gasteiger partial charge in [0.1, 0.15) is 0 Å². The molecule has 2 aromatic rings. The number of rotatable bonds is 6. The molecule has 0 fully saturated rings. The Bertz CT molecular complexity index is 511. The molecule has 0 bridgehead atoms. The van der Waals surface area contributed by atoms with Crippen LogP contribution in [0.5, 0.6) is 0 Å². The molecule has 0 amide bonds. The van der Waals surface area contributed by atoms with E-state index in [2.05, 4.69) is 54.9 Å². The first-order chi connectivity index (χ1) is 9.20. The van der Waals surface area contributed by atoms with Gasteiger partial charge in [-0.05, 0) is 49.0 Å². The predicted octanol–water partition coefficient (Wildman–Crippen LogP) is 5.61. The smallest absolute Gasteiger partial charge is 0.0646 e. The van der Waals surface area contributed by atoms with Crippen molar-refractivity contribution < 1.29 is 0 Å². The first kappa shape index (κ1) is 14.9. The number of halogens is 1. The Morgan fingerprint density at radius 3 is 2.84 bits per heavy atom. The zero-order valence-corrected chi connectivity index (χ0v) is 13.5. The van der Waals surface area contributed by atoms with Crippen molar-refractivity contribution in [3.05, 3.63) is 46.3 Å². The van der Waals surface area contributed by atoms with Gasteiger partial charge in [0.25, 0.3) is 0 Å². The fourth-order valence-corrected chi connectivity index (χ4v) is 4.03. The second kappa shape index (κ2) is 7.34. The molecule has 1 heterocycles. The maximum Gasteiger partial charge on any atom is 0.0646 e. The van der Waals surface area contributed by atoms with Crippen LogP contribution in [-0.2, 0) is 0 Å². The van der Waals surface area contributed by atoms with Crippen molar-refractivity contribution >= 4 is 34.7 Å². The monoisotopic (exact) mass is 311 g/mol. The van der Waals surface area contributed by atoms with Gasteiger partial charge in [0.05, 0.1) is 4.21 Å². The van der Waals surface area contributed by atoms with Crippen LogP contribution in [0.3, 0.4) is 0 Å². The molecule has 0 saturated heterocycles. The van der Waals surface area contributed by atoms with Crippen molar-refractivity contribution in [2.75, 3.05) is 6.54 Å². The molecule has 1 aromatic heterocycles. The molecule has 0 radical (unpaired) electrons. The molecule has 102 valence electrons. The van der Waals surface area contributed by atoms with E-state index in [1.165, 1.54) is 14.7 Å². The molecule has 0 aliphatic rings. The second-order valence-corrected chi connectivity index (χ2v) is 7.12. The summed E-state index contributed by atoms with van der Waals surface area (Å²) >= 11 is 9.91. The van der Waals surface area contributed by atoms with Crippen LogP contribution in [0.2, 0.25) is 5.02 Å². The fourth-order valence-electron chi connectivity index (χ4n) is 1.83. The van der Waals surface area contributed by atoms with Crippen LogP contribution >= 0.6 is 34.7 Å². The standard InChI is InChI=1S/C15H18ClNS2/c1-3-8-17-11(2)13-7-6-12(10-14(13)16)19-15-5-4-9-18-15/h4-7,9-11,17H,3,8H2,1-2H3. The van der Waals surface area contributed by atoms with Gasteiger partial charge in [-0.2, -0.15) is 0 Å². The van der Waals surface area contributed by atoms with E-state index in [9.17, 15) is 0 Å². The minimum absolute atomic E-state index is 0.299.